The molecule has 1 saturated heterocycles. The lowest BCUT2D eigenvalue weighted by atomic mass is 9.95. The Kier molecular flexibility index (Phi) is 4.70. The number of aromatic hydroxyl groups is 1. The van der Waals surface area contributed by atoms with Crippen LogP contribution in [0.5, 0.6) is 5.75 Å². The molecular formula is C23H27F3N4O. The van der Waals surface area contributed by atoms with Gasteiger partial charge in [-0.25, -0.2) is 0 Å². The zero-order valence-corrected chi connectivity index (χ0v) is 17.8. The van der Waals surface area contributed by atoms with Gasteiger partial charge in [0.2, 0.25) is 0 Å². The van der Waals surface area contributed by atoms with Gasteiger partial charge in [0.05, 0.1) is 11.3 Å². The van der Waals surface area contributed by atoms with E-state index in [1.807, 2.05) is 6.07 Å². The Bertz CT molecular complexity index is 995. The van der Waals surface area contributed by atoms with Gasteiger partial charge in [0.15, 0.2) is 5.82 Å². The first-order valence-corrected chi connectivity index (χ1v) is 11.0. The summed E-state index contributed by atoms with van der Waals surface area (Å²) in [5.41, 5.74) is 1.68. The summed E-state index contributed by atoms with van der Waals surface area (Å²) in [6.07, 6.45) is 1.31. The number of likely N-dealkylation sites (tertiary alicyclic amines) is 1. The molecule has 0 bridgehead atoms. The molecule has 2 fully saturated rings. The van der Waals surface area contributed by atoms with Gasteiger partial charge in [-0.2, -0.15) is 13.2 Å². The number of rotatable bonds is 3. The van der Waals surface area contributed by atoms with Crippen LogP contribution >= 0.6 is 0 Å². The first-order chi connectivity index (χ1) is 14.7. The highest BCUT2D eigenvalue weighted by molar-refractivity contribution is 5.73. The van der Waals surface area contributed by atoms with Gasteiger partial charge in [-0.1, -0.05) is 6.92 Å². The summed E-state index contributed by atoms with van der Waals surface area (Å²) < 4.78 is 39.1. The summed E-state index contributed by atoms with van der Waals surface area (Å²) in [5.74, 6) is 0.456. The Labute approximate surface area is 179 Å². The number of likely N-dealkylation sites (N-methyl/N-ethyl adjacent to an activating group) is 1. The second-order valence-corrected chi connectivity index (χ2v) is 9.16. The molecule has 5 nitrogen and oxygen atoms in total. The first-order valence-electron chi connectivity index (χ1n) is 11.0. The summed E-state index contributed by atoms with van der Waals surface area (Å²) in [6, 6.07) is 4.10. The maximum absolute atomic E-state index is 13.0. The van der Waals surface area contributed by atoms with Crippen LogP contribution in [0.3, 0.4) is 0 Å². The van der Waals surface area contributed by atoms with Crippen molar-refractivity contribution in [3.63, 3.8) is 0 Å². The maximum Gasteiger partial charge on any atom is 0.416 e. The number of phenolic OH excluding ortho intramolecular Hbond substituents is 1. The summed E-state index contributed by atoms with van der Waals surface area (Å²) in [7, 11) is 0. The third-order valence-electron chi connectivity index (χ3n) is 7.34. The van der Waals surface area contributed by atoms with Gasteiger partial charge in [0.1, 0.15) is 5.75 Å². The van der Waals surface area contributed by atoms with E-state index in [2.05, 4.69) is 26.9 Å². The smallest absolute Gasteiger partial charge is 0.416 e. The van der Waals surface area contributed by atoms with Crippen LogP contribution in [-0.2, 0) is 12.6 Å². The summed E-state index contributed by atoms with van der Waals surface area (Å²) in [5, 5.41) is 19.1. The molecule has 1 spiro atoms. The van der Waals surface area contributed by atoms with Crippen LogP contribution in [0.25, 0.3) is 11.3 Å². The fourth-order valence-electron chi connectivity index (χ4n) is 5.50. The van der Waals surface area contributed by atoms with Crippen LogP contribution in [0.2, 0.25) is 0 Å². The highest BCUT2D eigenvalue weighted by Crippen LogP contribution is 2.49. The fourth-order valence-corrected chi connectivity index (χ4v) is 5.50. The molecule has 3 aliphatic rings. The van der Waals surface area contributed by atoms with Crippen molar-refractivity contribution in [2.24, 2.45) is 0 Å². The number of nitrogens with zero attached hydrogens (tertiary/aromatic N) is 4. The van der Waals surface area contributed by atoms with E-state index in [-0.39, 0.29) is 0 Å². The molecule has 1 saturated carbocycles. The molecule has 1 aromatic carbocycles. The van der Waals surface area contributed by atoms with E-state index < -0.39 is 17.5 Å². The number of benzene rings is 1. The van der Waals surface area contributed by atoms with E-state index in [1.54, 1.807) is 6.92 Å². The van der Waals surface area contributed by atoms with Crippen LogP contribution in [0, 0.1) is 6.92 Å². The molecule has 1 aromatic heterocycles. The molecule has 3 heterocycles. The lowest BCUT2D eigenvalue weighted by molar-refractivity contribution is -0.137. The summed E-state index contributed by atoms with van der Waals surface area (Å²) in [6.45, 7) is 6.76. The Morgan fingerprint density at radius 1 is 1.16 bits per heavy atom. The average molecular weight is 432 g/mol. The molecule has 1 atom stereocenters. The van der Waals surface area contributed by atoms with Crippen molar-refractivity contribution in [1.82, 2.24) is 15.1 Å². The van der Waals surface area contributed by atoms with Crippen molar-refractivity contribution in [2.45, 2.75) is 63.7 Å². The Morgan fingerprint density at radius 3 is 2.58 bits per heavy atom. The first kappa shape index (κ1) is 20.5. The molecule has 166 valence electrons. The second-order valence-electron chi connectivity index (χ2n) is 9.16. The molecule has 1 aliphatic carbocycles. The highest BCUT2D eigenvalue weighted by atomic mass is 19.4. The minimum atomic E-state index is -4.50. The zero-order valence-electron chi connectivity index (χ0n) is 17.8. The number of hydrogen-bond acceptors (Lipinski definition) is 5. The van der Waals surface area contributed by atoms with Gasteiger partial charge in [0, 0.05) is 35.8 Å². The Balaban J connectivity index is 1.41. The molecule has 0 radical (unpaired) electrons. The van der Waals surface area contributed by atoms with Gasteiger partial charge in [-0.15, -0.1) is 10.2 Å². The van der Waals surface area contributed by atoms with Crippen molar-refractivity contribution in [2.75, 3.05) is 24.5 Å². The largest absolute Gasteiger partial charge is 0.507 e. The molecule has 1 N–H and O–H groups in total. The lowest BCUT2D eigenvalue weighted by Gasteiger charge is -2.43. The Morgan fingerprint density at radius 2 is 1.94 bits per heavy atom. The van der Waals surface area contributed by atoms with E-state index in [1.165, 1.54) is 19.3 Å². The predicted octanol–water partition coefficient (Wildman–Crippen LogP) is 4.56. The van der Waals surface area contributed by atoms with Crippen LogP contribution < -0.4 is 4.90 Å². The van der Waals surface area contributed by atoms with Crippen molar-refractivity contribution in [1.29, 1.82) is 0 Å². The molecule has 0 unspecified atom stereocenters. The van der Waals surface area contributed by atoms with E-state index in [0.717, 1.165) is 56.0 Å². The number of anilines is 1. The molecule has 8 heteroatoms. The van der Waals surface area contributed by atoms with Crippen molar-refractivity contribution in [3.8, 4) is 17.0 Å². The molecule has 2 aromatic rings. The minimum absolute atomic E-state index is 0.312. The molecule has 2 aliphatic heterocycles. The number of fused-ring (bicyclic) bond motifs is 1. The van der Waals surface area contributed by atoms with Crippen LogP contribution in [0.4, 0.5) is 19.0 Å². The van der Waals surface area contributed by atoms with E-state index in [0.29, 0.717) is 28.4 Å². The topological polar surface area (TPSA) is 52.5 Å². The molecular weight excluding hydrogens is 405 g/mol. The van der Waals surface area contributed by atoms with Gasteiger partial charge >= 0.3 is 6.18 Å². The van der Waals surface area contributed by atoms with E-state index >= 15 is 0 Å². The number of phenols is 1. The zero-order chi connectivity index (χ0) is 22.0. The van der Waals surface area contributed by atoms with Crippen molar-refractivity contribution < 1.29 is 18.3 Å². The number of hydrogen-bond donors (Lipinski definition) is 1. The van der Waals surface area contributed by atoms with Gasteiger partial charge in [-0.3, -0.25) is 4.90 Å². The number of piperidine rings is 1. The molecule has 0 amide bonds. The highest BCUT2D eigenvalue weighted by Gasteiger charge is 2.51. The normalized spacial score (nSPS) is 22.7. The third-order valence-corrected chi connectivity index (χ3v) is 7.34. The average Bonchev–Trinajstić information content (AvgIpc) is 3.36. The molecule has 5 rings (SSSR count). The number of aromatic nitrogens is 2. The van der Waals surface area contributed by atoms with Crippen LogP contribution in [0.15, 0.2) is 18.2 Å². The van der Waals surface area contributed by atoms with Gasteiger partial charge < -0.3 is 10.0 Å². The quantitative estimate of drug-likeness (QED) is 0.771. The lowest BCUT2D eigenvalue weighted by Crippen LogP contribution is -2.53. The Hall–Kier alpha value is -2.35. The standard InChI is InChI=1S/C23H27F3N4O/c1-3-29-13-17(4-6-22(29)7-8-22)30-9-5-15-11-18(27-28-21(15)30)20-14(2)10-16(12-19(20)31)23(24,25)26/h10-12,17,31H,3-9,13H2,1-2H3/t17-/m1/s1. The van der Waals surface area contributed by atoms with Gasteiger partial charge in [-0.05, 0) is 69.3 Å². The minimum Gasteiger partial charge on any atom is -0.507 e. The van der Waals surface area contributed by atoms with Crippen molar-refractivity contribution in [3.05, 3.63) is 34.9 Å². The van der Waals surface area contributed by atoms with Crippen LogP contribution in [-0.4, -0.2) is 51.4 Å². The monoisotopic (exact) mass is 432 g/mol. The van der Waals surface area contributed by atoms with E-state index in [9.17, 15) is 18.3 Å². The van der Waals surface area contributed by atoms with Gasteiger partial charge in [0.25, 0.3) is 0 Å². The van der Waals surface area contributed by atoms with E-state index in [4.69, 9.17) is 0 Å². The SMILES string of the molecule is CCN1C[C@H](N2CCc3cc(-c4c(C)cc(C(F)(F)F)cc4O)nnc32)CCC12CC2. The summed E-state index contributed by atoms with van der Waals surface area (Å²) in [4.78, 5) is 4.97. The fraction of sp³-hybridized carbons (Fsp3) is 0.565. The maximum atomic E-state index is 13.0. The number of alkyl halides is 3. The van der Waals surface area contributed by atoms with Crippen molar-refractivity contribution >= 4 is 5.82 Å². The number of halogens is 3. The number of aryl methyl sites for hydroxylation is 1. The second kappa shape index (κ2) is 7.08. The predicted molar refractivity (Wildman–Crippen MR) is 112 cm³/mol. The third kappa shape index (κ3) is 3.45. The van der Waals surface area contributed by atoms with Crippen LogP contribution in [0.1, 0.15) is 49.3 Å². The molecule has 31 heavy (non-hydrogen) atoms. The summed E-state index contributed by atoms with van der Waals surface area (Å²) >= 11 is 0.